The second-order valence-corrected chi connectivity index (χ2v) is 6.95. The molecule has 2 aliphatic rings. The molecule has 0 aromatic heterocycles. The average Bonchev–Trinajstić information content (AvgIpc) is 3.15. The van der Waals surface area contributed by atoms with Gasteiger partial charge in [0.1, 0.15) is 0 Å². The Morgan fingerprint density at radius 3 is 2.21 bits per heavy atom. The van der Waals surface area contributed by atoms with Gasteiger partial charge in [-0.05, 0) is 49.5 Å². The molecule has 0 unspecified atom stereocenters. The Morgan fingerprint density at radius 1 is 0.958 bits per heavy atom. The van der Waals surface area contributed by atoms with Crippen LogP contribution in [0.3, 0.4) is 0 Å². The highest BCUT2D eigenvalue weighted by Gasteiger charge is 2.30. The number of carbonyl (C=O) groups is 2. The van der Waals surface area contributed by atoms with Gasteiger partial charge < -0.3 is 9.80 Å². The molecule has 2 amide bonds. The number of hydrogen-bond acceptors (Lipinski definition) is 2. The van der Waals surface area contributed by atoms with Gasteiger partial charge in [-0.1, -0.05) is 23.7 Å². The molecule has 1 aromatic rings. The maximum absolute atomic E-state index is 12.4. The third-order valence-corrected chi connectivity index (χ3v) is 5.11. The monoisotopic (exact) mass is 346 g/mol. The first-order valence-electron chi connectivity index (χ1n) is 8.65. The van der Waals surface area contributed by atoms with Crippen LogP contribution >= 0.6 is 11.6 Å². The second-order valence-electron chi connectivity index (χ2n) is 6.52. The van der Waals surface area contributed by atoms with Crippen LogP contribution in [-0.4, -0.2) is 47.8 Å². The van der Waals surface area contributed by atoms with E-state index in [1.54, 1.807) is 24.3 Å². The molecule has 4 nitrogen and oxygen atoms in total. The molecule has 0 N–H and O–H groups in total. The van der Waals surface area contributed by atoms with E-state index in [2.05, 4.69) is 0 Å². The number of benzene rings is 1. The lowest BCUT2D eigenvalue weighted by Crippen LogP contribution is -2.43. The molecular formula is C19H23ClN2O2. The van der Waals surface area contributed by atoms with Crippen LogP contribution in [0.4, 0.5) is 0 Å². The Labute approximate surface area is 148 Å². The molecule has 2 heterocycles. The molecule has 0 bridgehead atoms. The Hall–Kier alpha value is -1.81. The van der Waals surface area contributed by atoms with Crippen LogP contribution in [-0.2, 0) is 9.59 Å². The van der Waals surface area contributed by atoms with Gasteiger partial charge in [-0.2, -0.15) is 0 Å². The highest BCUT2D eigenvalue weighted by Crippen LogP contribution is 2.22. The number of carbonyl (C=O) groups excluding carboxylic acids is 2. The summed E-state index contributed by atoms with van der Waals surface area (Å²) in [5.74, 6) is 0.390. The number of likely N-dealkylation sites (tertiary alicyclic amines) is 2. The van der Waals surface area contributed by atoms with E-state index in [4.69, 9.17) is 11.6 Å². The summed E-state index contributed by atoms with van der Waals surface area (Å²) in [6, 6.07) is 7.38. The molecule has 0 aliphatic carbocycles. The number of amides is 2. The summed E-state index contributed by atoms with van der Waals surface area (Å²) in [6.07, 6.45) is 7.20. The van der Waals surface area contributed by atoms with Gasteiger partial charge in [0.25, 0.3) is 0 Å². The topological polar surface area (TPSA) is 40.6 Å². The molecule has 3 rings (SSSR count). The van der Waals surface area contributed by atoms with Crippen molar-refractivity contribution in [1.29, 1.82) is 0 Å². The fraction of sp³-hybridized carbons (Fsp3) is 0.474. The minimum atomic E-state index is 0.0111. The molecule has 5 heteroatoms. The van der Waals surface area contributed by atoms with E-state index in [1.165, 1.54) is 0 Å². The Balaban J connectivity index is 1.49. The first kappa shape index (κ1) is 17.0. The summed E-state index contributed by atoms with van der Waals surface area (Å²) >= 11 is 5.85. The van der Waals surface area contributed by atoms with E-state index in [9.17, 15) is 9.59 Å². The van der Waals surface area contributed by atoms with E-state index >= 15 is 0 Å². The molecule has 0 atom stereocenters. The normalized spacial score (nSPS) is 19.2. The van der Waals surface area contributed by atoms with Crippen molar-refractivity contribution in [3.05, 3.63) is 40.9 Å². The van der Waals surface area contributed by atoms with Crippen molar-refractivity contribution in [2.24, 2.45) is 5.92 Å². The van der Waals surface area contributed by atoms with E-state index in [-0.39, 0.29) is 17.7 Å². The highest BCUT2D eigenvalue weighted by molar-refractivity contribution is 6.30. The maximum atomic E-state index is 12.4. The van der Waals surface area contributed by atoms with Crippen molar-refractivity contribution < 1.29 is 9.59 Å². The van der Waals surface area contributed by atoms with Crippen LogP contribution in [0.5, 0.6) is 0 Å². The van der Waals surface area contributed by atoms with Crippen molar-refractivity contribution in [1.82, 2.24) is 9.80 Å². The summed E-state index contributed by atoms with van der Waals surface area (Å²) in [6.45, 7) is 3.13. The number of rotatable bonds is 3. The lowest BCUT2D eigenvalue weighted by Gasteiger charge is -2.32. The van der Waals surface area contributed by atoms with Crippen LogP contribution in [0.1, 0.15) is 31.2 Å². The zero-order valence-corrected chi connectivity index (χ0v) is 14.5. The molecule has 0 radical (unpaired) electrons. The third-order valence-electron chi connectivity index (χ3n) is 4.86. The van der Waals surface area contributed by atoms with Crippen molar-refractivity contribution in [2.45, 2.75) is 25.7 Å². The van der Waals surface area contributed by atoms with E-state index in [0.717, 1.165) is 44.3 Å². The third kappa shape index (κ3) is 4.18. The van der Waals surface area contributed by atoms with Gasteiger partial charge >= 0.3 is 0 Å². The molecule has 0 saturated carbocycles. The number of nitrogens with zero attached hydrogens (tertiary/aromatic N) is 2. The fourth-order valence-corrected chi connectivity index (χ4v) is 3.52. The molecule has 24 heavy (non-hydrogen) atoms. The number of piperidine rings is 1. The average molecular weight is 347 g/mol. The number of hydrogen-bond donors (Lipinski definition) is 0. The quantitative estimate of drug-likeness (QED) is 0.788. The van der Waals surface area contributed by atoms with Gasteiger partial charge in [0.05, 0.1) is 0 Å². The second kappa shape index (κ2) is 7.84. The van der Waals surface area contributed by atoms with Gasteiger partial charge in [0.15, 0.2) is 0 Å². The lowest BCUT2D eigenvalue weighted by molar-refractivity contribution is -0.138. The summed E-state index contributed by atoms with van der Waals surface area (Å²) in [5.41, 5.74) is 0.951. The minimum absolute atomic E-state index is 0.0111. The first-order chi connectivity index (χ1) is 11.6. The van der Waals surface area contributed by atoms with Crippen molar-refractivity contribution in [2.75, 3.05) is 26.2 Å². The fourth-order valence-electron chi connectivity index (χ4n) is 3.39. The molecule has 1 aromatic carbocycles. The minimum Gasteiger partial charge on any atom is -0.342 e. The molecule has 2 fully saturated rings. The first-order valence-corrected chi connectivity index (χ1v) is 9.02. The highest BCUT2D eigenvalue weighted by atomic mass is 35.5. The van der Waals surface area contributed by atoms with Crippen molar-refractivity contribution in [3.8, 4) is 0 Å². The maximum Gasteiger partial charge on any atom is 0.246 e. The van der Waals surface area contributed by atoms with E-state index in [0.29, 0.717) is 18.1 Å². The van der Waals surface area contributed by atoms with Gasteiger partial charge in [-0.3, -0.25) is 9.59 Å². The van der Waals surface area contributed by atoms with Crippen LogP contribution < -0.4 is 0 Å². The summed E-state index contributed by atoms with van der Waals surface area (Å²) in [5, 5.41) is 0.684. The lowest BCUT2D eigenvalue weighted by atomic mass is 9.95. The van der Waals surface area contributed by atoms with Crippen molar-refractivity contribution in [3.63, 3.8) is 0 Å². The van der Waals surface area contributed by atoms with E-state index < -0.39 is 0 Å². The van der Waals surface area contributed by atoms with Crippen LogP contribution in [0, 0.1) is 5.92 Å². The zero-order valence-electron chi connectivity index (χ0n) is 13.8. The molecule has 128 valence electrons. The van der Waals surface area contributed by atoms with Crippen LogP contribution in [0.2, 0.25) is 5.02 Å². The molecule has 2 aliphatic heterocycles. The van der Waals surface area contributed by atoms with Crippen LogP contribution in [0.15, 0.2) is 30.3 Å². The van der Waals surface area contributed by atoms with Gasteiger partial charge in [-0.15, -0.1) is 0 Å². The smallest absolute Gasteiger partial charge is 0.246 e. The van der Waals surface area contributed by atoms with Gasteiger partial charge in [0, 0.05) is 43.2 Å². The van der Waals surface area contributed by atoms with Gasteiger partial charge in [0.2, 0.25) is 11.8 Å². The van der Waals surface area contributed by atoms with E-state index in [1.807, 2.05) is 21.9 Å². The SMILES string of the molecule is O=C(/C=C/c1ccc(Cl)cc1)N1CCC(C(=O)N2CCCC2)CC1. The Morgan fingerprint density at radius 2 is 1.58 bits per heavy atom. The standard InChI is InChI=1S/C19H23ClN2O2/c20-17-6-3-15(4-7-17)5-8-18(23)21-13-9-16(10-14-21)19(24)22-11-1-2-12-22/h3-8,16H,1-2,9-14H2/b8-5+. The predicted octanol–water partition coefficient (Wildman–Crippen LogP) is 3.21. The van der Waals surface area contributed by atoms with Gasteiger partial charge in [-0.25, -0.2) is 0 Å². The molecular weight excluding hydrogens is 324 g/mol. The summed E-state index contributed by atoms with van der Waals surface area (Å²) in [7, 11) is 0. The Kier molecular flexibility index (Phi) is 5.56. The largest absolute Gasteiger partial charge is 0.342 e. The van der Waals surface area contributed by atoms with Crippen molar-refractivity contribution >= 4 is 29.5 Å². The molecule has 0 spiro atoms. The summed E-state index contributed by atoms with van der Waals surface area (Å²) in [4.78, 5) is 28.5. The predicted molar refractivity (Wildman–Crippen MR) is 95.6 cm³/mol. The summed E-state index contributed by atoms with van der Waals surface area (Å²) < 4.78 is 0. The molecule has 2 saturated heterocycles. The number of halogens is 1. The zero-order chi connectivity index (χ0) is 16.9. The van der Waals surface area contributed by atoms with Crippen LogP contribution in [0.25, 0.3) is 6.08 Å². The Bertz CT molecular complexity index is 613.